The smallest absolute Gasteiger partial charge is 0.412 e. The molecule has 0 radical (unpaired) electrons. The van der Waals surface area contributed by atoms with E-state index in [0.717, 1.165) is 0 Å². The van der Waals surface area contributed by atoms with Crippen molar-refractivity contribution in [2.45, 2.75) is 39.4 Å². The van der Waals surface area contributed by atoms with Gasteiger partial charge in [0.1, 0.15) is 11.4 Å². The molecule has 0 fully saturated rings. The monoisotopic (exact) mass is 402 g/mol. The van der Waals surface area contributed by atoms with Gasteiger partial charge in [0.2, 0.25) is 0 Å². The molecular weight excluding hydrogens is 379 g/mol. The molecule has 0 saturated heterocycles. The van der Waals surface area contributed by atoms with Crippen molar-refractivity contribution in [2.75, 3.05) is 10.6 Å². The number of esters is 1. The van der Waals surface area contributed by atoms with Crippen LogP contribution in [-0.2, 0) is 14.3 Å². The van der Waals surface area contributed by atoms with E-state index in [1.54, 1.807) is 32.9 Å². The highest BCUT2D eigenvalue weighted by atomic mass is 19.1. The van der Waals surface area contributed by atoms with E-state index in [2.05, 4.69) is 10.6 Å². The van der Waals surface area contributed by atoms with Gasteiger partial charge in [0.05, 0.1) is 5.56 Å². The van der Waals surface area contributed by atoms with Gasteiger partial charge in [-0.2, -0.15) is 0 Å². The van der Waals surface area contributed by atoms with Gasteiger partial charge in [-0.3, -0.25) is 10.1 Å². The maximum atomic E-state index is 12.9. The summed E-state index contributed by atoms with van der Waals surface area (Å²) in [5.41, 5.74) is 0.216. The number of hydrogen-bond donors (Lipinski definition) is 2. The molecule has 1 atom stereocenters. The summed E-state index contributed by atoms with van der Waals surface area (Å²) in [7, 11) is 0. The molecule has 0 saturated carbocycles. The quantitative estimate of drug-likeness (QED) is 0.725. The van der Waals surface area contributed by atoms with Crippen LogP contribution in [0, 0.1) is 5.82 Å². The molecule has 29 heavy (non-hydrogen) atoms. The number of benzene rings is 2. The highest BCUT2D eigenvalue weighted by Crippen LogP contribution is 2.15. The van der Waals surface area contributed by atoms with E-state index in [1.807, 2.05) is 0 Å². The second-order valence-electron chi connectivity index (χ2n) is 7.25. The molecule has 2 aromatic carbocycles. The Kier molecular flexibility index (Phi) is 6.93. The Balaban J connectivity index is 1.96. The van der Waals surface area contributed by atoms with E-state index in [9.17, 15) is 18.8 Å². The third-order valence-electron chi connectivity index (χ3n) is 3.51. The molecule has 0 bridgehead atoms. The lowest BCUT2D eigenvalue weighted by atomic mass is 10.2. The zero-order valence-corrected chi connectivity index (χ0v) is 16.6. The Bertz CT molecular complexity index is 891. The number of ether oxygens (including phenoxy) is 2. The van der Waals surface area contributed by atoms with Crippen molar-refractivity contribution < 1.29 is 28.2 Å². The largest absolute Gasteiger partial charge is 0.449 e. The number of carbonyl (C=O) groups excluding carboxylic acids is 3. The minimum Gasteiger partial charge on any atom is -0.449 e. The average molecular weight is 402 g/mol. The zero-order chi connectivity index (χ0) is 21.6. The van der Waals surface area contributed by atoms with E-state index in [4.69, 9.17) is 9.47 Å². The summed E-state index contributed by atoms with van der Waals surface area (Å²) in [5, 5.41) is 5.06. The second kappa shape index (κ2) is 9.18. The standard InChI is InChI=1S/C21H23FN2O5/c1-13(18(25)23-16-10-8-15(22)9-11-16)28-19(26)14-6-5-7-17(12-14)24-20(27)29-21(2,3)4/h5-13H,1-4H3,(H,23,25)(H,24,27)/t13-/m1/s1. The van der Waals surface area contributed by atoms with Gasteiger partial charge in [0, 0.05) is 11.4 Å². The number of carbonyl (C=O) groups is 3. The Morgan fingerprint density at radius 3 is 2.24 bits per heavy atom. The van der Waals surface area contributed by atoms with Crippen molar-refractivity contribution in [3.63, 3.8) is 0 Å². The van der Waals surface area contributed by atoms with Gasteiger partial charge < -0.3 is 14.8 Å². The lowest BCUT2D eigenvalue weighted by molar-refractivity contribution is -0.123. The maximum absolute atomic E-state index is 12.9. The van der Waals surface area contributed by atoms with Crippen LogP contribution in [-0.4, -0.2) is 29.7 Å². The van der Waals surface area contributed by atoms with Gasteiger partial charge in [0.25, 0.3) is 5.91 Å². The molecule has 2 amide bonds. The first-order valence-corrected chi connectivity index (χ1v) is 8.91. The summed E-state index contributed by atoms with van der Waals surface area (Å²) in [5.74, 6) is -1.73. The molecule has 0 heterocycles. The summed E-state index contributed by atoms with van der Waals surface area (Å²) in [6.07, 6.45) is -1.75. The van der Waals surface area contributed by atoms with Crippen molar-refractivity contribution in [2.24, 2.45) is 0 Å². The predicted octanol–water partition coefficient (Wildman–Crippen LogP) is 4.36. The van der Waals surface area contributed by atoms with Gasteiger partial charge in [0.15, 0.2) is 6.10 Å². The van der Waals surface area contributed by atoms with Crippen LogP contribution in [0.15, 0.2) is 48.5 Å². The lowest BCUT2D eigenvalue weighted by Crippen LogP contribution is -2.30. The Labute approximate surface area is 168 Å². The second-order valence-corrected chi connectivity index (χ2v) is 7.25. The summed E-state index contributed by atoms with van der Waals surface area (Å²) >= 11 is 0. The molecule has 0 aliphatic rings. The van der Waals surface area contributed by atoms with Crippen LogP contribution in [0.3, 0.4) is 0 Å². The maximum Gasteiger partial charge on any atom is 0.412 e. The van der Waals surface area contributed by atoms with E-state index in [0.29, 0.717) is 11.4 Å². The van der Waals surface area contributed by atoms with E-state index in [1.165, 1.54) is 43.3 Å². The van der Waals surface area contributed by atoms with Crippen LogP contribution in [0.1, 0.15) is 38.1 Å². The predicted molar refractivity (Wildman–Crippen MR) is 106 cm³/mol. The molecule has 2 rings (SSSR count). The molecule has 154 valence electrons. The fourth-order valence-corrected chi connectivity index (χ4v) is 2.20. The SMILES string of the molecule is C[C@@H](OC(=O)c1cccc(NC(=O)OC(C)(C)C)c1)C(=O)Nc1ccc(F)cc1. The third kappa shape index (κ3) is 7.25. The van der Waals surface area contributed by atoms with Crippen LogP contribution in [0.25, 0.3) is 0 Å². The van der Waals surface area contributed by atoms with Gasteiger partial charge >= 0.3 is 12.1 Å². The van der Waals surface area contributed by atoms with E-state index < -0.39 is 35.5 Å². The van der Waals surface area contributed by atoms with Gasteiger partial charge in [-0.15, -0.1) is 0 Å². The van der Waals surface area contributed by atoms with Crippen LogP contribution in [0.2, 0.25) is 0 Å². The molecule has 2 aromatic rings. The zero-order valence-electron chi connectivity index (χ0n) is 16.6. The summed E-state index contributed by atoms with van der Waals surface area (Å²) < 4.78 is 23.2. The number of halogens is 1. The first kappa shape index (κ1) is 21.9. The Hall–Kier alpha value is -3.42. The van der Waals surface area contributed by atoms with Crippen LogP contribution in [0.5, 0.6) is 0 Å². The summed E-state index contributed by atoms with van der Waals surface area (Å²) in [4.78, 5) is 36.3. The first-order valence-electron chi connectivity index (χ1n) is 8.91. The number of rotatable bonds is 5. The Morgan fingerprint density at radius 1 is 0.966 bits per heavy atom. The van der Waals surface area contributed by atoms with Crippen molar-refractivity contribution in [3.05, 3.63) is 59.9 Å². The van der Waals surface area contributed by atoms with Gasteiger partial charge in [-0.1, -0.05) is 6.07 Å². The highest BCUT2D eigenvalue weighted by molar-refractivity contribution is 5.98. The summed E-state index contributed by atoms with van der Waals surface area (Å²) in [6.45, 7) is 6.62. The van der Waals surface area contributed by atoms with Crippen LogP contribution in [0.4, 0.5) is 20.6 Å². The highest BCUT2D eigenvalue weighted by Gasteiger charge is 2.20. The fraction of sp³-hybridized carbons (Fsp3) is 0.286. The summed E-state index contributed by atoms with van der Waals surface area (Å²) in [6, 6.07) is 11.3. The lowest BCUT2D eigenvalue weighted by Gasteiger charge is -2.19. The van der Waals surface area contributed by atoms with Crippen molar-refractivity contribution in [1.29, 1.82) is 0 Å². The van der Waals surface area contributed by atoms with E-state index >= 15 is 0 Å². The molecule has 0 aromatic heterocycles. The molecule has 2 N–H and O–H groups in total. The van der Waals surface area contributed by atoms with Crippen molar-refractivity contribution in [3.8, 4) is 0 Å². The normalized spacial score (nSPS) is 11.9. The molecule has 0 aliphatic heterocycles. The van der Waals surface area contributed by atoms with Gasteiger partial charge in [-0.05, 0) is 70.2 Å². The van der Waals surface area contributed by atoms with E-state index in [-0.39, 0.29) is 5.56 Å². The molecule has 0 aliphatic carbocycles. The minimum absolute atomic E-state index is 0.153. The topological polar surface area (TPSA) is 93.7 Å². The number of hydrogen-bond acceptors (Lipinski definition) is 5. The molecule has 0 unspecified atom stereocenters. The molecule has 0 spiro atoms. The number of nitrogens with one attached hydrogen (secondary N) is 2. The minimum atomic E-state index is -1.09. The average Bonchev–Trinajstić information content (AvgIpc) is 2.62. The van der Waals surface area contributed by atoms with Gasteiger partial charge in [-0.25, -0.2) is 14.0 Å². The first-order chi connectivity index (χ1) is 13.5. The fourth-order valence-electron chi connectivity index (χ4n) is 2.20. The van der Waals surface area contributed by atoms with Crippen LogP contribution < -0.4 is 10.6 Å². The molecule has 7 nitrogen and oxygen atoms in total. The van der Waals surface area contributed by atoms with Crippen LogP contribution >= 0.6 is 0 Å². The number of amides is 2. The number of anilines is 2. The van der Waals surface area contributed by atoms with Crippen molar-refractivity contribution in [1.82, 2.24) is 0 Å². The molecular formula is C21H23FN2O5. The third-order valence-corrected chi connectivity index (χ3v) is 3.51. The Morgan fingerprint density at radius 2 is 1.62 bits per heavy atom. The van der Waals surface area contributed by atoms with Crippen molar-refractivity contribution >= 4 is 29.3 Å². The molecule has 8 heteroatoms.